The molecular weight excluding hydrogens is 288 g/mol. The maximum Gasteiger partial charge on any atom is 0.243 e. The minimum Gasteiger partial charge on any atom is -0.492 e. The smallest absolute Gasteiger partial charge is 0.243 e. The van der Waals surface area contributed by atoms with Gasteiger partial charge in [-0.2, -0.15) is 4.31 Å². The lowest BCUT2D eigenvalue weighted by Gasteiger charge is -2.24. The van der Waals surface area contributed by atoms with Gasteiger partial charge in [0.1, 0.15) is 12.4 Å². The second-order valence-electron chi connectivity index (χ2n) is 5.52. The van der Waals surface area contributed by atoms with Crippen molar-refractivity contribution < 1.29 is 13.2 Å². The monoisotopic (exact) mass is 312 g/mol. The maximum atomic E-state index is 12.6. The molecule has 0 radical (unpaired) electrons. The van der Waals surface area contributed by atoms with Gasteiger partial charge in [-0.05, 0) is 57.0 Å². The first kappa shape index (κ1) is 16.3. The van der Waals surface area contributed by atoms with E-state index in [-0.39, 0.29) is 6.04 Å². The number of hydrogen-bond donors (Lipinski definition) is 1. The lowest BCUT2D eigenvalue weighted by Crippen LogP contribution is -2.36. The summed E-state index contributed by atoms with van der Waals surface area (Å²) in [7, 11) is 0.0997. The van der Waals surface area contributed by atoms with Gasteiger partial charge in [-0.3, -0.25) is 0 Å². The predicted octanol–water partition coefficient (Wildman–Crippen LogP) is 1.70. The first-order valence-corrected chi connectivity index (χ1v) is 8.76. The third-order valence-electron chi connectivity index (χ3n) is 4.00. The lowest BCUT2D eigenvalue weighted by atomic mass is 10.2. The zero-order chi connectivity index (χ0) is 15.5. The molecule has 0 saturated heterocycles. The Morgan fingerprint density at radius 2 is 1.95 bits per heavy atom. The molecule has 1 saturated carbocycles. The first-order chi connectivity index (χ1) is 9.96. The van der Waals surface area contributed by atoms with Gasteiger partial charge in [-0.15, -0.1) is 0 Å². The lowest BCUT2D eigenvalue weighted by molar-refractivity contribution is 0.318. The van der Waals surface area contributed by atoms with Crippen LogP contribution in [0.2, 0.25) is 0 Å². The van der Waals surface area contributed by atoms with Crippen molar-refractivity contribution >= 4 is 10.0 Å². The van der Waals surface area contributed by atoms with E-state index in [0.29, 0.717) is 23.2 Å². The standard InChI is InChI=1S/C15H24N2O3S/c1-12(13-4-5-13)17(3)21(18,19)15-8-6-14(7-9-15)20-11-10-16-2/h6-9,12-13,16H,4-5,10-11H2,1-3H3. The fraction of sp³-hybridized carbons (Fsp3) is 0.600. The Balaban J connectivity index is 2.05. The van der Waals surface area contributed by atoms with E-state index in [1.165, 1.54) is 4.31 Å². The Kier molecular flexibility index (Phi) is 5.24. The van der Waals surface area contributed by atoms with Crippen LogP contribution in [0.1, 0.15) is 19.8 Å². The van der Waals surface area contributed by atoms with Gasteiger partial charge in [0.15, 0.2) is 0 Å². The predicted molar refractivity (Wildman–Crippen MR) is 83.0 cm³/mol. The molecule has 1 N–H and O–H groups in total. The Morgan fingerprint density at radius 3 is 2.48 bits per heavy atom. The molecule has 1 aromatic carbocycles. The summed E-state index contributed by atoms with van der Waals surface area (Å²) < 4.78 is 32.1. The van der Waals surface area contributed by atoms with Gasteiger partial charge in [0.25, 0.3) is 0 Å². The molecule has 118 valence electrons. The largest absolute Gasteiger partial charge is 0.492 e. The van der Waals surface area contributed by atoms with E-state index in [4.69, 9.17) is 4.74 Å². The molecule has 5 nitrogen and oxygen atoms in total. The normalized spacial score (nSPS) is 17.0. The van der Waals surface area contributed by atoms with E-state index < -0.39 is 10.0 Å². The van der Waals surface area contributed by atoms with Gasteiger partial charge >= 0.3 is 0 Å². The molecular formula is C15H24N2O3S. The van der Waals surface area contributed by atoms with Crippen molar-refractivity contribution in [1.29, 1.82) is 0 Å². The number of rotatable bonds is 8. The maximum absolute atomic E-state index is 12.6. The Hall–Kier alpha value is -1.11. The van der Waals surface area contributed by atoms with E-state index >= 15 is 0 Å². The molecule has 0 aliphatic heterocycles. The molecule has 1 aliphatic carbocycles. The topological polar surface area (TPSA) is 58.6 Å². The summed E-state index contributed by atoms with van der Waals surface area (Å²) in [6.07, 6.45) is 2.25. The number of benzene rings is 1. The van der Waals surface area contributed by atoms with Gasteiger partial charge in [-0.1, -0.05) is 0 Å². The fourth-order valence-corrected chi connectivity index (χ4v) is 3.66. The third-order valence-corrected chi connectivity index (χ3v) is 5.96. The summed E-state index contributed by atoms with van der Waals surface area (Å²) in [5, 5.41) is 2.99. The molecule has 2 rings (SSSR count). The summed E-state index contributed by atoms with van der Waals surface area (Å²) in [5.74, 6) is 1.19. The molecule has 1 fully saturated rings. The van der Waals surface area contributed by atoms with Crippen molar-refractivity contribution in [1.82, 2.24) is 9.62 Å². The van der Waals surface area contributed by atoms with Crippen LogP contribution in [0.5, 0.6) is 5.75 Å². The van der Waals surface area contributed by atoms with Crippen molar-refractivity contribution in [3.05, 3.63) is 24.3 Å². The highest BCUT2D eigenvalue weighted by molar-refractivity contribution is 7.89. The molecule has 0 bridgehead atoms. The van der Waals surface area contributed by atoms with E-state index in [1.54, 1.807) is 31.3 Å². The minimum absolute atomic E-state index is 0.0570. The molecule has 1 atom stereocenters. The zero-order valence-electron chi connectivity index (χ0n) is 12.9. The Labute approximate surface area is 127 Å². The van der Waals surface area contributed by atoms with Crippen LogP contribution >= 0.6 is 0 Å². The quantitative estimate of drug-likeness (QED) is 0.742. The molecule has 0 amide bonds. The second kappa shape index (κ2) is 6.77. The van der Waals surface area contributed by atoms with Crippen molar-refractivity contribution in [2.45, 2.75) is 30.7 Å². The van der Waals surface area contributed by atoms with Crippen LogP contribution in [0.25, 0.3) is 0 Å². The third kappa shape index (κ3) is 3.96. The number of hydrogen-bond acceptors (Lipinski definition) is 4. The molecule has 0 aromatic heterocycles. The molecule has 1 aliphatic rings. The van der Waals surface area contributed by atoms with Crippen molar-refractivity contribution in [2.24, 2.45) is 5.92 Å². The van der Waals surface area contributed by atoms with Crippen LogP contribution in [-0.2, 0) is 10.0 Å². The number of ether oxygens (including phenoxy) is 1. The van der Waals surface area contributed by atoms with Crippen LogP contribution in [0.15, 0.2) is 29.2 Å². The Bertz CT molecular complexity index is 553. The molecule has 1 aromatic rings. The summed E-state index contributed by atoms with van der Waals surface area (Å²) in [6, 6.07) is 6.69. The average molecular weight is 312 g/mol. The zero-order valence-corrected chi connectivity index (χ0v) is 13.7. The van der Waals surface area contributed by atoms with E-state index in [0.717, 1.165) is 19.4 Å². The van der Waals surface area contributed by atoms with E-state index in [1.807, 2.05) is 14.0 Å². The summed E-state index contributed by atoms with van der Waals surface area (Å²) in [5.41, 5.74) is 0. The highest BCUT2D eigenvalue weighted by atomic mass is 32.2. The van der Waals surface area contributed by atoms with Crippen molar-refractivity contribution in [3.63, 3.8) is 0 Å². The van der Waals surface area contributed by atoms with Gasteiger partial charge in [-0.25, -0.2) is 8.42 Å². The summed E-state index contributed by atoms with van der Waals surface area (Å²) >= 11 is 0. The highest BCUT2D eigenvalue weighted by Gasteiger charge is 2.35. The number of likely N-dealkylation sites (N-methyl/N-ethyl adjacent to an activating group) is 1. The van der Waals surface area contributed by atoms with Gasteiger partial charge in [0.05, 0.1) is 4.90 Å². The van der Waals surface area contributed by atoms with Crippen LogP contribution in [0.4, 0.5) is 0 Å². The van der Waals surface area contributed by atoms with Crippen LogP contribution in [-0.4, -0.2) is 46.0 Å². The van der Waals surface area contributed by atoms with Gasteiger partial charge < -0.3 is 10.1 Å². The average Bonchev–Trinajstić information content (AvgIpc) is 3.31. The molecule has 6 heteroatoms. The second-order valence-corrected chi connectivity index (χ2v) is 7.52. The molecule has 0 spiro atoms. The van der Waals surface area contributed by atoms with E-state index in [2.05, 4.69) is 5.32 Å². The number of nitrogens with zero attached hydrogens (tertiary/aromatic N) is 1. The molecule has 21 heavy (non-hydrogen) atoms. The fourth-order valence-electron chi connectivity index (χ4n) is 2.24. The molecule has 0 heterocycles. The minimum atomic E-state index is -3.42. The molecule has 1 unspecified atom stereocenters. The summed E-state index contributed by atoms with van der Waals surface area (Å²) in [6.45, 7) is 3.29. The Morgan fingerprint density at radius 1 is 1.33 bits per heavy atom. The number of sulfonamides is 1. The van der Waals surface area contributed by atoms with Crippen molar-refractivity contribution in [2.75, 3.05) is 27.2 Å². The SMILES string of the molecule is CNCCOc1ccc(S(=O)(=O)N(C)C(C)C2CC2)cc1. The van der Waals surface area contributed by atoms with Gasteiger partial charge in [0.2, 0.25) is 10.0 Å². The number of nitrogens with one attached hydrogen (secondary N) is 1. The van der Waals surface area contributed by atoms with E-state index in [9.17, 15) is 8.42 Å². The van der Waals surface area contributed by atoms with Crippen LogP contribution in [0.3, 0.4) is 0 Å². The van der Waals surface area contributed by atoms with Crippen molar-refractivity contribution in [3.8, 4) is 5.75 Å². The highest BCUT2D eigenvalue weighted by Crippen LogP contribution is 2.36. The van der Waals surface area contributed by atoms with Crippen LogP contribution in [0, 0.1) is 5.92 Å². The first-order valence-electron chi connectivity index (χ1n) is 7.32. The van der Waals surface area contributed by atoms with Crippen LogP contribution < -0.4 is 10.1 Å². The summed E-state index contributed by atoms with van der Waals surface area (Å²) in [4.78, 5) is 0.318. The van der Waals surface area contributed by atoms with Gasteiger partial charge in [0, 0.05) is 19.6 Å².